The molecule has 20 heavy (non-hydrogen) atoms. The van der Waals surface area contributed by atoms with Crippen molar-refractivity contribution in [1.82, 2.24) is 0 Å². The van der Waals surface area contributed by atoms with Crippen molar-refractivity contribution in [3.05, 3.63) is 53.8 Å². The third kappa shape index (κ3) is 2.71. The van der Waals surface area contributed by atoms with Crippen molar-refractivity contribution in [2.45, 2.75) is 0 Å². The largest absolute Gasteiger partial charge is 0.497 e. The van der Waals surface area contributed by atoms with E-state index in [9.17, 15) is 14.3 Å². The fourth-order valence-electron chi connectivity index (χ4n) is 1.90. The van der Waals surface area contributed by atoms with Gasteiger partial charge in [-0.25, -0.2) is 9.18 Å². The first-order valence-electron chi connectivity index (χ1n) is 5.93. The van der Waals surface area contributed by atoms with Gasteiger partial charge in [0.05, 0.1) is 18.4 Å². The summed E-state index contributed by atoms with van der Waals surface area (Å²) in [5, 5.41) is 9.24. The number of methoxy groups -OCH3 is 1. The molecule has 0 heterocycles. The van der Waals surface area contributed by atoms with Crippen LogP contribution in [0.15, 0.2) is 42.5 Å². The highest BCUT2D eigenvalue weighted by Gasteiger charge is 2.15. The van der Waals surface area contributed by atoms with Crippen LogP contribution < -0.4 is 9.64 Å². The Morgan fingerprint density at radius 3 is 2.40 bits per heavy atom. The van der Waals surface area contributed by atoms with E-state index >= 15 is 0 Å². The lowest BCUT2D eigenvalue weighted by molar-refractivity contribution is 0.0697. The van der Waals surface area contributed by atoms with E-state index in [0.717, 1.165) is 0 Å². The molecule has 0 unspecified atom stereocenters. The number of carbonyl (C=O) groups is 1. The van der Waals surface area contributed by atoms with Crippen LogP contribution in [0.4, 0.5) is 15.8 Å². The minimum absolute atomic E-state index is 0.151. The van der Waals surface area contributed by atoms with E-state index in [0.29, 0.717) is 17.1 Å². The van der Waals surface area contributed by atoms with Gasteiger partial charge < -0.3 is 14.7 Å². The molecule has 0 spiro atoms. The van der Waals surface area contributed by atoms with Crippen molar-refractivity contribution in [2.24, 2.45) is 0 Å². The minimum Gasteiger partial charge on any atom is -0.497 e. The van der Waals surface area contributed by atoms with Crippen molar-refractivity contribution >= 4 is 17.3 Å². The summed E-state index contributed by atoms with van der Waals surface area (Å²) in [7, 11) is 3.23. The van der Waals surface area contributed by atoms with Crippen LogP contribution >= 0.6 is 0 Å². The zero-order valence-electron chi connectivity index (χ0n) is 11.1. The molecule has 0 amide bonds. The van der Waals surface area contributed by atoms with Crippen LogP contribution in [0.3, 0.4) is 0 Å². The fraction of sp³-hybridized carbons (Fsp3) is 0.133. The molecule has 0 radical (unpaired) electrons. The zero-order valence-corrected chi connectivity index (χ0v) is 11.1. The maximum Gasteiger partial charge on any atom is 0.337 e. The van der Waals surface area contributed by atoms with E-state index in [1.165, 1.54) is 25.3 Å². The molecule has 0 aromatic heterocycles. The Morgan fingerprint density at radius 1 is 1.20 bits per heavy atom. The van der Waals surface area contributed by atoms with Crippen LogP contribution in [0, 0.1) is 5.82 Å². The lowest BCUT2D eigenvalue weighted by atomic mass is 10.1. The molecule has 0 atom stereocenters. The van der Waals surface area contributed by atoms with Gasteiger partial charge in [-0.05, 0) is 36.4 Å². The van der Waals surface area contributed by atoms with Crippen LogP contribution in [0.2, 0.25) is 0 Å². The second kappa shape index (κ2) is 5.61. The first kappa shape index (κ1) is 13.9. The molecule has 0 bridgehead atoms. The van der Waals surface area contributed by atoms with E-state index in [2.05, 4.69) is 0 Å². The van der Waals surface area contributed by atoms with Crippen LogP contribution in [0.1, 0.15) is 10.4 Å². The number of carboxylic acid groups (broad SMARTS) is 1. The number of hydrogen-bond donors (Lipinski definition) is 1. The molecule has 0 aliphatic rings. The van der Waals surface area contributed by atoms with Gasteiger partial charge >= 0.3 is 5.97 Å². The quantitative estimate of drug-likeness (QED) is 0.930. The summed E-state index contributed by atoms with van der Waals surface area (Å²) < 4.78 is 18.1. The number of carboxylic acids is 1. The summed E-state index contributed by atoms with van der Waals surface area (Å²) in [6.45, 7) is 0. The molecule has 1 N–H and O–H groups in total. The Balaban J connectivity index is 2.48. The molecular weight excluding hydrogens is 261 g/mol. The fourth-order valence-corrected chi connectivity index (χ4v) is 1.90. The van der Waals surface area contributed by atoms with Crippen molar-refractivity contribution < 1.29 is 19.0 Å². The molecule has 104 valence electrons. The second-order valence-electron chi connectivity index (χ2n) is 4.22. The van der Waals surface area contributed by atoms with Gasteiger partial charge in [-0.1, -0.05) is 0 Å². The third-order valence-corrected chi connectivity index (χ3v) is 3.01. The van der Waals surface area contributed by atoms with E-state index in [1.807, 2.05) is 0 Å². The number of anilines is 2. The summed E-state index contributed by atoms with van der Waals surface area (Å²) in [5.74, 6) is -0.818. The summed E-state index contributed by atoms with van der Waals surface area (Å²) >= 11 is 0. The number of hydrogen-bond acceptors (Lipinski definition) is 3. The van der Waals surface area contributed by atoms with Gasteiger partial charge in [0.25, 0.3) is 0 Å². The first-order valence-corrected chi connectivity index (χ1v) is 5.93. The summed E-state index contributed by atoms with van der Waals surface area (Å²) in [5.41, 5.74) is 1.31. The molecule has 2 rings (SSSR count). The highest BCUT2D eigenvalue weighted by atomic mass is 19.1. The second-order valence-corrected chi connectivity index (χ2v) is 4.22. The average molecular weight is 275 g/mol. The van der Waals surface area contributed by atoms with Crippen LogP contribution in [-0.2, 0) is 0 Å². The molecule has 0 saturated heterocycles. The van der Waals surface area contributed by atoms with Crippen LogP contribution in [-0.4, -0.2) is 25.2 Å². The average Bonchev–Trinajstić information content (AvgIpc) is 2.46. The number of aromatic carboxylic acids is 1. The lowest BCUT2D eigenvalue weighted by Gasteiger charge is -2.22. The van der Waals surface area contributed by atoms with Crippen LogP contribution in [0.5, 0.6) is 5.75 Å². The van der Waals surface area contributed by atoms with Crippen molar-refractivity contribution in [1.29, 1.82) is 0 Å². The molecule has 5 heteroatoms. The summed E-state index contributed by atoms with van der Waals surface area (Å²) in [6.07, 6.45) is 0. The highest BCUT2D eigenvalue weighted by molar-refractivity contribution is 5.96. The van der Waals surface area contributed by atoms with Gasteiger partial charge in [-0.3, -0.25) is 0 Å². The van der Waals surface area contributed by atoms with E-state index < -0.39 is 5.97 Å². The van der Waals surface area contributed by atoms with Gasteiger partial charge in [0.15, 0.2) is 0 Å². The number of benzene rings is 2. The number of halogens is 1. The highest BCUT2D eigenvalue weighted by Crippen LogP contribution is 2.30. The van der Waals surface area contributed by atoms with Gasteiger partial charge in [-0.15, -0.1) is 0 Å². The smallest absolute Gasteiger partial charge is 0.337 e. The van der Waals surface area contributed by atoms with Crippen molar-refractivity contribution in [3.8, 4) is 5.75 Å². The molecule has 4 nitrogen and oxygen atoms in total. The minimum atomic E-state index is -1.03. The molecule has 0 saturated carbocycles. The topological polar surface area (TPSA) is 49.8 Å². The number of rotatable bonds is 4. The van der Waals surface area contributed by atoms with E-state index in [1.54, 1.807) is 36.2 Å². The van der Waals surface area contributed by atoms with Crippen LogP contribution in [0.25, 0.3) is 0 Å². The SMILES string of the molecule is COc1ccc(C(=O)O)c(N(C)c2ccc(F)cc2)c1. The zero-order chi connectivity index (χ0) is 14.7. The molecule has 0 aliphatic heterocycles. The van der Waals surface area contributed by atoms with Gasteiger partial charge in [0.2, 0.25) is 0 Å². The molecule has 0 fully saturated rings. The molecular formula is C15H14FNO3. The molecule has 2 aromatic carbocycles. The van der Waals surface area contributed by atoms with E-state index in [-0.39, 0.29) is 11.4 Å². The van der Waals surface area contributed by atoms with Gasteiger partial charge in [-0.2, -0.15) is 0 Å². The predicted molar refractivity (Wildman–Crippen MR) is 74.4 cm³/mol. The molecule has 2 aromatic rings. The van der Waals surface area contributed by atoms with Crippen molar-refractivity contribution in [3.63, 3.8) is 0 Å². The van der Waals surface area contributed by atoms with Gasteiger partial charge in [0, 0.05) is 18.8 Å². The number of nitrogens with zero attached hydrogens (tertiary/aromatic N) is 1. The maximum absolute atomic E-state index is 12.9. The summed E-state index contributed by atoms with van der Waals surface area (Å²) in [4.78, 5) is 13.0. The predicted octanol–water partition coefficient (Wildman–Crippen LogP) is 3.30. The normalized spacial score (nSPS) is 10.2. The lowest BCUT2D eigenvalue weighted by Crippen LogP contribution is -2.14. The molecule has 0 aliphatic carbocycles. The standard InChI is InChI=1S/C15H14FNO3/c1-17(11-5-3-10(16)4-6-11)14-9-12(20-2)7-8-13(14)15(18)19/h3-9H,1-2H3,(H,18,19). The maximum atomic E-state index is 12.9. The van der Waals surface area contributed by atoms with Crippen molar-refractivity contribution in [2.75, 3.05) is 19.1 Å². The monoisotopic (exact) mass is 275 g/mol. The summed E-state index contributed by atoms with van der Waals surface area (Å²) in [6, 6.07) is 10.5. The first-order chi connectivity index (χ1) is 9.52. The Kier molecular flexibility index (Phi) is 3.89. The Morgan fingerprint density at radius 2 is 1.85 bits per heavy atom. The Hall–Kier alpha value is -2.56. The Bertz CT molecular complexity index is 626. The van der Waals surface area contributed by atoms with E-state index in [4.69, 9.17) is 4.74 Å². The third-order valence-electron chi connectivity index (χ3n) is 3.01. The van der Waals surface area contributed by atoms with Gasteiger partial charge in [0.1, 0.15) is 11.6 Å². The Labute approximate surface area is 116 Å². The number of ether oxygens (including phenoxy) is 1.